The number of ether oxygens (including phenoxy) is 1. The average Bonchev–Trinajstić information content (AvgIpc) is 3.22. The molecule has 4 aromatic rings. The molecule has 0 aliphatic rings. The largest absolute Gasteiger partial charge is 0.489 e. The number of hydrogen-bond donors (Lipinski definition) is 1. The molecule has 146 valence electrons. The lowest BCUT2D eigenvalue weighted by Crippen LogP contribution is -2.24. The number of carbonyl (C=O) groups excluding carboxylic acids is 1. The maximum absolute atomic E-state index is 14.2. The van der Waals surface area contributed by atoms with Gasteiger partial charge >= 0.3 is 0 Å². The summed E-state index contributed by atoms with van der Waals surface area (Å²) in [5.74, 6) is -0.881. The molecule has 0 aliphatic carbocycles. The van der Waals surface area contributed by atoms with Gasteiger partial charge in [0.05, 0.1) is 5.56 Å². The van der Waals surface area contributed by atoms with Crippen molar-refractivity contribution in [2.45, 2.75) is 13.2 Å². The quantitative estimate of drug-likeness (QED) is 0.543. The van der Waals surface area contributed by atoms with Gasteiger partial charge in [0.1, 0.15) is 30.3 Å². The van der Waals surface area contributed by atoms with Crippen LogP contribution in [0.4, 0.5) is 8.78 Å². The van der Waals surface area contributed by atoms with Gasteiger partial charge in [0, 0.05) is 23.9 Å². The van der Waals surface area contributed by atoms with E-state index in [1.54, 1.807) is 36.5 Å². The predicted octanol–water partition coefficient (Wildman–Crippen LogP) is 3.52. The minimum absolute atomic E-state index is 0.0129. The van der Waals surface area contributed by atoms with E-state index in [9.17, 15) is 13.6 Å². The van der Waals surface area contributed by atoms with Crippen LogP contribution in [0.1, 0.15) is 21.5 Å². The number of nitrogens with one attached hydrogen (secondary N) is 1. The van der Waals surface area contributed by atoms with Gasteiger partial charge in [-0.05, 0) is 36.4 Å². The molecule has 0 spiro atoms. The van der Waals surface area contributed by atoms with Crippen molar-refractivity contribution in [3.8, 4) is 5.75 Å². The van der Waals surface area contributed by atoms with Crippen LogP contribution in [0.25, 0.3) is 5.65 Å². The molecule has 0 fully saturated rings. The van der Waals surface area contributed by atoms with Gasteiger partial charge in [-0.15, -0.1) is 0 Å². The summed E-state index contributed by atoms with van der Waals surface area (Å²) in [5.41, 5.74) is 1.38. The summed E-state index contributed by atoms with van der Waals surface area (Å²) in [6, 6.07) is 13.7. The molecule has 2 heterocycles. The molecule has 6 nitrogen and oxygen atoms in total. The molecule has 2 aromatic carbocycles. The zero-order valence-electron chi connectivity index (χ0n) is 15.2. The van der Waals surface area contributed by atoms with E-state index >= 15 is 0 Å². The Morgan fingerprint density at radius 1 is 1.03 bits per heavy atom. The van der Waals surface area contributed by atoms with Crippen LogP contribution in [0.2, 0.25) is 0 Å². The molecule has 2 aromatic heterocycles. The summed E-state index contributed by atoms with van der Waals surface area (Å²) < 4.78 is 34.9. The number of amides is 1. The smallest absolute Gasteiger partial charge is 0.255 e. The maximum atomic E-state index is 14.2. The fourth-order valence-electron chi connectivity index (χ4n) is 2.85. The number of fused-ring (bicyclic) bond motifs is 1. The van der Waals surface area contributed by atoms with Crippen molar-refractivity contribution in [1.29, 1.82) is 0 Å². The molecule has 8 heteroatoms. The Hall–Kier alpha value is -3.81. The molecule has 0 radical (unpaired) electrons. The summed E-state index contributed by atoms with van der Waals surface area (Å²) in [6.45, 7) is -0.0320. The number of hydrogen-bond acceptors (Lipinski definition) is 4. The highest BCUT2D eigenvalue weighted by Crippen LogP contribution is 2.19. The highest BCUT2D eigenvalue weighted by molar-refractivity contribution is 5.99. The number of rotatable bonds is 6. The number of nitrogens with zero attached hydrogens (tertiary/aromatic N) is 3. The molecule has 0 bridgehead atoms. The van der Waals surface area contributed by atoms with Crippen LogP contribution in [-0.2, 0) is 13.2 Å². The lowest BCUT2D eigenvalue weighted by molar-refractivity contribution is 0.0951. The standard InChI is InChI=1S/C21H16F2N4O2/c22-18-6-2-1-4-14(18)12-29-16-7-8-19(23)15(10-16)11-24-21(28)17-5-3-9-27-20(17)25-13-26-27/h1-10,13H,11-12H2,(H,24,28). The summed E-state index contributed by atoms with van der Waals surface area (Å²) in [6.07, 6.45) is 3.03. The van der Waals surface area contributed by atoms with Crippen LogP contribution in [-0.4, -0.2) is 20.5 Å². The first-order valence-corrected chi connectivity index (χ1v) is 8.83. The first kappa shape index (κ1) is 18.5. The SMILES string of the molecule is O=C(NCc1cc(OCc2ccccc2F)ccc1F)c1cccn2ncnc12. The Kier molecular flexibility index (Phi) is 5.15. The molecule has 0 aliphatic heterocycles. The second-order valence-corrected chi connectivity index (χ2v) is 6.27. The van der Waals surface area contributed by atoms with E-state index in [1.165, 1.54) is 35.1 Å². The van der Waals surface area contributed by atoms with Crippen molar-refractivity contribution >= 4 is 11.6 Å². The van der Waals surface area contributed by atoms with E-state index in [2.05, 4.69) is 15.4 Å². The van der Waals surface area contributed by atoms with Gasteiger partial charge in [-0.2, -0.15) is 5.10 Å². The fourth-order valence-corrected chi connectivity index (χ4v) is 2.85. The van der Waals surface area contributed by atoms with Gasteiger partial charge in [-0.25, -0.2) is 18.3 Å². The Morgan fingerprint density at radius 2 is 1.86 bits per heavy atom. The number of benzene rings is 2. The lowest BCUT2D eigenvalue weighted by Gasteiger charge is -2.11. The van der Waals surface area contributed by atoms with E-state index < -0.39 is 11.7 Å². The summed E-state index contributed by atoms with van der Waals surface area (Å²) in [4.78, 5) is 16.5. The minimum Gasteiger partial charge on any atom is -0.489 e. The Bertz CT molecular complexity index is 1180. The van der Waals surface area contributed by atoms with Crippen molar-refractivity contribution in [1.82, 2.24) is 19.9 Å². The number of carbonyl (C=O) groups is 1. The molecule has 29 heavy (non-hydrogen) atoms. The van der Waals surface area contributed by atoms with Crippen molar-refractivity contribution in [3.05, 3.63) is 95.4 Å². The second kappa shape index (κ2) is 8.05. The molecule has 0 unspecified atom stereocenters. The van der Waals surface area contributed by atoms with Crippen LogP contribution in [0.3, 0.4) is 0 Å². The highest BCUT2D eigenvalue weighted by Gasteiger charge is 2.13. The van der Waals surface area contributed by atoms with Crippen molar-refractivity contribution in [2.75, 3.05) is 0 Å². The maximum Gasteiger partial charge on any atom is 0.255 e. The second-order valence-electron chi connectivity index (χ2n) is 6.27. The van der Waals surface area contributed by atoms with E-state index in [-0.39, 0.29) is 24.5 Å². The summed E-state index contributed by atoms with van der Waals surface area (Å²) >= 11 is 0. The fraction of sp³-hybridized carbons (Fsp3) is 0.0952. The van der Waals surface area contributed by atoms with Gasteiger partial charge in [0.25, 0.3) is 5.91 Å². The zero-order valence-corrected chi connectivity index (χ0v) is 15.2. The van der Waals surface area contributed by atoms with Crippen LogP contribution >= 0.6 is 0 Å². The van der Waals surface area contributed by atoms with Crippen LogP contribution < -0.4 is 10.1 Å². The van der Waals surface area contributed by atoms with Crippen LogP contribution in [0.5, 0.6) is 5.75 Å². The topological polar surface area (TPSA) is 68.5 Å². The van der Waals surface area contributed by atoms with Gasteiger partial charge in [0.15, 0.2) is 5.65 Å². The summed E-state index contributed by atoms with van der Waals surface area (Å²) in [5, 5.41) is 6.65. The number of pyridine rings is 1. The van der Waals surface area contributed by atoms with E-state index in [0.717, 1.165) is 0 Å². The predicted molar refractivity (Wildman–Crippen MR) is 101 cm³/mol. The Labute approximate surface area is 164 Å². The molecule has 0 saturated carbocycles. The zero-order chi connectivity index (χ0) is 20.2. The molecule has 4 rings (SSSR count). The molecular weight excluding hydrogens is 378 g/mol. The van der Waals surface area contributed by atoms with Crippen LogP contribution in [0.15, 0.2) is 67.1 Å². The van der Waals surface area contributed by atoms with Gasteiger partial charge in [-0.1, -0.05) is 18.2 Å². The van der Waals surface area contributed by atoms with E-state index in [1.807, 2.05) is 0 Å². The Balaban J connectivity index is 1.45. The minimum atomic E-state index is -0.482. The normalized spacial score (nSPS) is 10.8. The van der Waals surface area contributed by atoms with Gasteiger partial charge < -0.3 is 10.1 Å². The van der Waals surface area contributed by atoms with E-state index in [0.29, 0.717) is 22.5 Å². The highest BCUT2D eigenvalue weighted by atomic mass is 19.1. The Morgan fingerprint density at radius 3 is 2.72 bits per heavy atom. The molecule has 0 saturated heterocycles. The third-order valence-electron chi connectivity index (χ3n) is 4.36. The van der Waals surface area contributed by atoms with Crippen molar-refractivity contribution in [2.24, 2.45) is 0 Å². The van der Waals surface area contributed by atoms with E-state index in [4.69, 9.17) is 4.74 Å². The average molecular weight is 394 g/mol. The van der Waals surface area contributed by atoms with Gasteiger partial charge in [-0.3, -0.25) is 4.79 Å². The van der Waals surface area contributed by atoms with Crippen molar-refractivity contribution in [3.63, 3.8) is 0 Å². The number of halogens is 2. The van der Waals surface area contributed by atoms with Crippen LogP contribution in [0, 0.1) is 11.6 Å². The first-order valence-electron chi connectivity index (χ1n) is 8.83. The lowest BCUT2D eigenvalue weighted by atomic mass is 10.2. The van der Waals surface area contributed by atoms with Crippen molar-refractivity contribution < 1.29 is 18.3 Å². The number of aromatic nitrogens is 3. The third-order valence-corrected chi connectivity index (χ3v) is 4.36. The van der Waals surface area contributed by atoms with Gasteiger partial charge in [0.2, 0.25) is 0 Å². The molecule has 1 amide bonds. The monoisotopic (exact) mass is 394 g/mol. The molecule has 1 N–H and O–H groups in total. The first-order chi connectivity index (χ1) is 14.1. The summed E-state index contributed by atoms with van der Waals surface area (Å²) in [7, 11) is 0. The third kappa shape index (κ3) is 4.06. The molecule has 0 atom stereocenters. The molecular formula is C21H16F2N4O2.